The van der Waals surface area contributed by atoms with Gasteiger partial charge < -0.3 is 10.5 Å². The van der Waals surface area contributed by atoms with Crippen molar-refractivity contribution in [2.75, 3.05) is 26.8 Å². The molecular weight excluding hydrogens is 236 g/mol. The van der Waals surface area contributed by atoms with Crippen molar-refractivity contribution in [3.8, 4) is 0 Å². The Morgan fingerprint density at radius 1 is 1.32 bits per heavy atom. The van der Waals surface area contributed by atoms with Crippen molar-refractivity contribution in [1.29, 1.82) is 0 Å². The maximum Gasteiger partial charge on any atom is 0.0480 e. The first-order valence-electron chi connectivity index (χ1n) is 7.35. The van der Waals surface area contributed by atoms with E-state index in [9.17, 15) is 0 Å². The molecule has 1 aliphatic heterocycles. The van der Waals surface area contributed by atoms with Crippen LogP contribution in [0.5, 0.6) is 0 Å². The fraction of sp³-hybridized carbons (Fsp3) is 0.625. The minimum atomic E-state index is 0.319. The number of benzene rings is 1. The lowest BCUT2D eigenvalue weighted by Crippen LogP contribution is -2.42. The molecule has 1 heterocycles. The van der Waals surface area contributed by atoms with E-state index in [1.54, 1.807) is 0 Å². The third-order valence-corrected chi connectivity index (χ3v) is 4.28. The quantitative estimate of drug-likeness (QED) is 0.885. The van der Waals surface area contributed by atoms with Crippen LogP contribution in [0.3, 0.4) is 0 Å². The number of hydrogen-bond donors (Lipinski definition) is 1. The number of ether oxygens (including phenoxy) is 1. The van der Waals surface area contributed by atoms with Crippen molar-refractivity contribution in [3.05, 3.63) is 35.4 Å². The second-order valence-corrected chi connectivity index (χ2v) is 5.31. The van der Waals surface area contributed by atoms with Crippen molar-refractivity contribution in [1.82, 2.24) is 4.90 Å². The molecule has 1 aromatic carbocycles. The fourth-order valence-electron chi connectivity index (χ4n) is 3.04. The molecule has 0 saturated carbocycles. The largest absolute Gasteiger partial charge is 0.381 e. The number of nitrogens with two attached hydrogens (primary N) is 1. The molecule has 0 aromatic heterocycles. The Bertz CT molecular complexity index is 388. The Balaban J connectivity index is 2.18. The zero-order valence-electron chi connectivity index (χ0n) is 12.1. The van der Waals surface area contributed by atoms with Crippen LogP contribution in [-0.2, 0) is 11.2 Å². The molecule has 1 fully saturated rings. The van der Waals surface area contributed by atoms with Gasteiger partial charge in [-0.25, -0.2) is 0 Å². The van der Waals surface area contributed by atoms with Crippen LogP contribution in [0.2, 0.25) is 0 Å². The van der Waals surface area contributed by atoms with E-state index in [1.165, 1.54) is 11.1 Å². The molecule has 19 heavy (non-hydrogen) atoms. The zero-order valence-corrected chi connectivity index (χ0v) is 12.1. The van der Waals surface area contributed by atoms with Gasteiger partial charge in [0.2, 0.25) is 0 Å². The summed E-state index contributed by atoms with van der Waals surface area (Å²) in [5.74, 6) is 0. The number of likely N-dealkylation sites (N-methyl/N-ethyl adjacent to an activating group) is 1. The van der Waals surface area contributed by atoms with Crippen molar-refractivity contribution in [3.63, 3.8) is 0 Å². The van der Waals surface area contributed by atoms with E-state index in [4.69, 9.17) is 10.5 Å². The van der Waals surface area contributed by atoms with Crippen molar-refractivity contribution < 1.29 is 4.74 Å². The molecule has 2 N–H and O–H groups in total. The second kappa shape index (κ2) is 7.04. The van der Waals surface area contributed by atoms with Crippen LogP contribution in [0.15, 0.2) is 24.3 Å². The molecule has 3 heteroatoms. The van der Waals surface area contributed by atoms with Gasteiger partial charge in [-0.3, -0.25) is 4.90 Å². The Morgan fingerprint density at radius 2 is 2.00 bits per heavy atom. The van der Waals surface area contributed by atoms with Crippen LogP contribution in [0, 0.1) is 0 Å². The van der Waals surface area contributed by atoms with Crippen LogP contribution in [-0.4, -0.2) is 37.7 Å². The molecule has 1 saturated heterocycles. The normalized spacial score (nSPS) is 18.7. The third-order valence-electron chi connectivity index (χ3n) is 4.28. The standard InChI is InChI=1S/C16H26N2O/c1-3-13-6-4-5-7-15(13)16(12-17)18(2)14-8-10-19-11-9-14/h4-7,14,16H,3,8-12,17H2,1-2H3. The van der Waals surface area contributed by atoms with Crippen LogP contribution in [0.25, 0.3) is 0 Å². The average molecular weight is 262 g/mol. The SMILES string of the molecule is CCc1ccccc1C(CN)N(C)C1CCOCC1. The topological polar surface area (TPSA) is 38.5 Å². The van der Waals surface area contributed by atoms with Gasteiger partial charge in [0.25, 0.3) is 0 Å². The summed E-state index contributed by atoms with van der Waals surface area (Å²) >= 11 is 0. The summed E-state index contributed by atoms with van der Waals surface area (Å²) in [5, 5.41) is 0. The van der Waals surface area contributed by atoms with Crippen molar-refractivity contribution in [2.45, 2.75) is 38.3 Å². The van der Waals surface area contributed by atoms with E-state index < -0.39 is 0 Å². The molecule has 1 atom stereocenters. The molecule has 0 amide bonds. The zero-order chi connectivity index (χ0) is 13.7. The Morgan fingerprint density at radius 3 is 2.63 bits per heavy atom. The minimum absolute atomic E-state index is 0.319. The first-order chi connectivity index (χ1) is 9.27. The van der Waals surface area contributed by atoms with Gasteiger partial charge in [-0.2, -0.15) is 0 Å². The van der Waals surface area contributed by atoms with Gasteiger partial charge in [0.15, 0.2) is 0 Å². The Hall–Kier alpha value is -0.900. The molecule has 0 bridgehead atoms. The van der Waals surface area contributed by atoms with Crippen LogP contribution in [0.4, 0.5) is 0 Å². The summed E-state index contributed by atoms with van der Waals surface area (Å²) in [4.78, 5) is 2.46. The Labute approximate surface area is 116 Å². The summed E-state index contributed by atoms with van der Waals surface area (Å²) in [6.45, 7) is 4.63. The molecule has 2 rings (SSSR count). The maximum atomic E-state index is 6.06. The second-order valence-electron chi connectivity index (χ2n) is 5.31. The molecule has 3 nitrogen and oxygen atoms in total. The van der Waals surface area contributed by atoms with Gasteiger partial charge in [0.1, 0.15) is 0 Å². The highest BCUT2D eigenvalue weighted by molar-refractivity contribution is 5.30. The number of nitrogens with zero attached hydrogens (tertiary/aromatic N) is 1. The lowest BCUT2D eigenvalue weighted by Gasteiger charge is -2.37. The molecular formula is C16H26N2O. The first kappa shape index (κ1) is 14.5. The van der Waals surface area contributed by atoms with Gasteiger partial charge in [-0.1, -0.05) is 31.2 Å². The van der Waals surface area contributed by atoms with E-state index in [0.29, 0.717) is 18.6 Å². The summed E-state index contributed by atoms with van der Waals surface area (Å²) in [6, 6.07) is 9.59. The molecule has 0 aliphatic carbocycles. The number of hydrogen-bond acceptors (Lipinski definition) is 3. The maximum absolute atomic E-state index is 6.06. The lowest BCUT2D eigenvalue weighted by molar-refractivity contribution is 0.0292. The number of aryl methyl sites for hydroxylation is 1. The molecule has 0 radical (unpaired) electrons. The van der Waals surface area contributed by atoms with Gasteiger partial charge in [-0.05, 0) is 37.4 Å². The lowest BCUT2D eigenvalue weighted by atomic mass is 9.95. The number of rotatable bonds is 5. The predicted molar refractivity (Wildman–Crippen MR) is 79.2 cm³/mol. The molecule has 1 unspecified atom stereocenters. The van der Waals surface area contributed by atoms with E-state index in [0.717, 1.165) is 32.5 Å². The van der Waals surface area contributed by atoms with E-state index in [-0.39, 0.29) is 0 Å². The van der Waals surface area contributed by atoms with Gasteiger partial charge in [0, 0.05) is 31.8 Å². The summed E-state index contributed by atoms with van der Waals surface area (Å²) in [7, 11) is 2.21. The van der Waals surface area contributed by atoms with Gasteiger partial charge >= 0.3 is 0 Å². The summed E-state index contributed by atoms with van der Waals surface area (Å²) in [6.07, 6.45) is 3.29. The summed E-state index contributed by atoms with van der Waals surface area (Å²) in [5.41, 5.74) is 8.87. The fourth-order valence-corrected chi connectivity index (χ4v) is 3.04. The van der Waals surface area contributed by atoms with Crippen LogP contribution in [0.1, 0.15) is 36.9 Å². The van der Waals surface area contributed by atoms with Crippen LogP contribution < -0.4 is 5.73 Å². The van der Waals surface area contributed by atoms with Gasteiger partial charge in [-0.15, -0.1) is 0 Å². The van der Waals surface area contributed by atoms with Crippen molar-refractivity contribution in [2.24, 2.45) is 5.73 Å². The summed E-state index contributed by atoms with van der Waals surface area (Å²) < 4.78 is 5.46. The highest BCUT2D eigenvalue weighted by Crippen LogP contribution is 2.27. The van der Waals surface area contributed by atoms with Crippen molar-refractivity contribution >= 4 is 0 Å². The first-order valence-corrected chi connectivity index (χ1v) is 7.35. The molecule has 0 spiro atoms. The van der Waals surface area contributed by atoms with Crippen LogP contribution >= 0.6 is 0 Å². The average Bonchev–Trinajstić information content (AvgIpc) is 2.49. The molecule has 1 aromatic rings. The predicted octanol–water partition coefficient (Wildman–Crippen LogP) is 2.36. The monoisotopic (exact) mass is 262 g/mol. The van der Waals surface area contributed by atoms with E-state index >= 15 is 0 Å². The van der Waals surface area contributed by atoms with Gasteiger partial charge in [0.05, 0.1) is 0 Å². The Kier molecular flexibility index (Phi) is 5.37. The molecule has 1 aliphatic rings. The highest BCUT2D eigenvalue weighted by atomic mass is 16.5. The minimum Gasteiger partial charge on any atom is -0.381 e. The third kappa shape index (κ3) is 3.35. The van der Waals surface area contributed by atoms with E-state index in [2.05, 4.69) is 43.1 Å². The smallest absolute Gasteiger partial charge is 0.0480 e. The highest BCUT2D eigenvalue weighted by Gasteiger charge is 2.26. The van der Waals surface area contributed by atoms with E-state index in [1.807, 2.05) is 0 Å². The molecule has 106 valence electrons.